The highest BCUT2D eigenvalue weighted by Crippen LogP contribution is 2.23. The topological polar surface area (TPSA) is 35.0 Å². The third-order valence-corrected chi connectivity index (χ3v) is 2.58. The Bertz CT molecular complexity index is 315. The first-order chi connectivity index (χ1) is 6.54. The molecule has 1 aromatic heterocycles. The molecule has 2 atom stereocenters. The minimum Gasteiger partial charge on any atom is -0.481 e. The molecular weight excluding hydrogens is 200 g/mol. The number of aryl methyl sites for hydroxylation is 1. The smallest absolute Gasteiger partial charge is 0.216 e. The van der Waals surface area contributed by atoms with Gasteiger partial charge in [-0.2, -0.15) is 4.98 Å². The maximum absolute atomic E-state index is 6.01. The molecule has 0 saturated carbocycles. The van der Waals surface area contributed by atoms with Gasteiger partial charge in [0.25, 0.3) is 0 Å². The first-order valence-corrected chi connectivity index (χ1v) is 5.02. The van der Waals surface area contributed by atoms with Crippen LogP contribution in [-0.2, 0) is 0 Å². The monoisotopic (exact) mass is 214 g/mol. The Morgan fingerprint density at radius 2 is 2.00 bits per heavy atom. The van der Waals surface area contributed by atoms with Crippen LogP contribution in [0.2, 0.25) is 0 Å². The molecule has 0 bridgehead atoms. The second-order valence-corrected chi connectivity index (χ2v) is 4.04. The van der Waals surface area contributed by atoms with Crippen molar-refractivity contribution in [1.29, 1.82) is 0 Å². The molecule has 0 aliphatic heterocycles. The largest absolute Gasteiger partial charge is 0.481 e. The van der Waals surface area contributed by atoms with Crippen molar-refractivity contribution < 1.29 is 4.74 Å². The van der Waals surface area contributed by atoms with Gasteiger partial charge in [0.15, 0.2) is 0 Å². The van der Waals surface area contributed by atoms with Crippen molar-refractivity contribution in [3.05, 3.63) is 17.6 Å². The van der Waals surface area contributed by atoms with E-state index in [1.54, 1.807) is 7.11 Å². The summed E-state index contributed by atoms with van der Waals surface area (Å²) >= 11 is 6.01. The molecule has 3 nitrogen and oxygen atoms in total. The van der Waals surface area contributed by atoms with E-state index in [2.05, 4.69) is 9.97 Å². The van der Waals surface area contributed by atoms with E-state index in [1.807, 2.05) is 26.8 Å². The lowest BCUT2D eigenvalue weighted by Gasteiger charge is -2.14. The van der Waals surface area contributed by atoms with E-state index in [4.69, 9.17) is 16.3 Å². The van der Waals surface area contributed by atoms with Crippen molar-refractivity contribution in [2.75, 3.05) is 7.11 Å². The number of ether oxygens (including phenoxy) is 1. The lowest BCUT2D eigenvalue weighted by Crippen LogP contribution is -2.09. The number of alkyl halides is 1. The van der Waals surface area contributed by atoms with Crippen LogP contribution in [0.1, 0.15) is 31.3 Å². The van der Waals surface area contributed by atoms with Crippen LogP contribution >= 0.6 is 11.6 Å². The van der Waals surface area contributed by atoms with Crippen molar-refractivity contribution in [2.24, 2.45) is 0 Å². The third-order valence-electron chi connectivity index (χ3n) is 2.20. The SMILES string of the molecule is COc1cc(C(C)C(C)Cl)nc(C)n1. The van der Waals surface area contributed by atoms with Crippen molar-refractivity contribution in [3.8, 4) is 5.88 Å². The third kappa shape index (κ3) is 2.58. The summed E-state index contributed by atoms with van der Waals surface area (Å²) < 4.78 is 5.07. The van der Waals surface area contributed by atoms with Gasteiger partial charge in [-0.25, -0.2) is 4.98 Å². The van der Waals surface area contributed by atoms with Crippen LogP contribution in [0.15, 0.2) is 6.07 Å². The molecule has 0 amide bonds. The highest BCUT2D eigenvalue weighted by Gasteiger charge is 2.14. The van der Waals surface area contributed by atoms with E-state index >= 15 is 0 Å². The molecule has 14 heavy (non-hydrogen) atoms. The molecule has 0 N–H and O–H groups in total. The standard InChI is InChI=1S/C10H15ClN2O/c1-6(7(2)11)9-5-10(14-4)13-8(3)12-9/h5-7H,1-4H3. The molecule has 0 saturated heterocycles. The van der Waals surface area contributed by atoms with Crippen molar-refractivity contribution in [3.63, 3.8) is 0 Å². The quantitative estimate of drug-likeness (QED) is 0.726. The lowest BCUT2D eigenvalue weighted by molar-refractivity contribution is 0.394. The van der Waals surface area contributed by atoms with E-state index in [9.17, 15) is 0 Å². The number of nitrogens with zero attached hydrogens (tertiary/aromatic N) is 2. The number of rotatable bonds is 3. The van der Waals surface area contributed by atoms with Gasteiger partial charge in [-0.15, -0.1) is 11.6 Å². The van der Waals surface area contributed by atoms with E-state index < -0.39 is 0 Å². The zero-order valence-electron chi connectivity index (χ0n) is 8.91. The minimum atomic E-state index is 0.0500. The maximum atomic E-state index is 6.01. The van der Waals surface area contributed by atoms with Gasteiger partial charge in [-0.1, -0.05) is 6.92 Å². The summed E-state index contributed by atoms with van der Waals surface area (Å²) in [5.74, 6) is 1.51. The summed E-state index contributed by atoms with van der Waals surface area (Å²) in [7, 11) is 1.60. The van der Waals surface area contributed by atoms with Gasteiger partial charge in [-0.05, 0) is 13.8 Å². The Kier molecular flexibility index (Phi) is 3.69. The lowest BCUT2D eigenvalue weighted by atomic mass is 10.0. The predicted molar refractivity (Wildman–Crippen MR) is 57.1 cm³/mol. The second kappa shape index (κ2) is 4.60. The molecule has 2 unspecified atom stereocenters. The number of aromatic nitrogens is 2. The fourth-order valence-corrected chi connectivity index (χ4v) is 1.26. The van der Waals surface area contributed by atoms with E-state index in [0.717, 1.165) is 5.69 Å². The van der Waals surface area contributed by atoms with Gasteiger partial charge in [0.05, 0.1) is 12.8 Å². The van der Waals surface area contributed by atoms with Gasteiger partial charge in [0.1, 0.15) is 5.82 Å². The van der Waals surface area contributed by atoms with Crippen LogP contribution < -0.4 is 4.74 Å². The molecule has 1 rings (SSSR count). The fraction of sp³-hybridized carbons (Fsp3) is 0.600. The Balaban J connectivity index is 3.02. The number of hydrogen-bond acceptors (Lipinski definition) is 3. The number of hydrogen-bond donors (Lipinski definition) is 0. The van der Waals surface area contributed by atoms with Crippen molar-refractivity contribution >= 4 is 11.6 Å². The average molecular weight is 215 g/mol. The predicted octanol–water partition coefficient (Wildman–Crippen LogP) is 2.52. The fourth-order valence-electron chi connectivity index (χ4n) is 1.14. The van der Waals surface area contributed by atoms with Gasteiger partial charge < -0.3 is 4.74 Å². The van der Waals surface area contributed by atoms with Crippen molar-refractivity contribution in [2.45, 2.75) is 32.1 Å². The second-order valence-electron chi connectivity index (χ2n) is 3.35. The van der Waals surface area contributed by atoms with Gasteiger partial charge in [0.2, 0.25) is 5.88 Å². The summed E-state index contributed by atoms with van der Waals surface area (Å²) in [6.07, 6.45) is 0. The van der Waals surface area contributed by atoms with Gasteiger partial charge in [0, 0.05) is 17.4 Å². The van der Waals surface area contributed by atoms with E-state index in [0.29, 0.717) is 11.7 Å². The number of halogens is 1. The van der Waals surface area contributed by atoms with Gasteiger partial charge in [-0.3, -0.25) is 0 Å². The molecule has 0 aliphatic rings. The normalized spacial score (nSPS) is 14.9. The molecule has 1 heterocycles. The summed E-state index contributed by atoms with van der Waals surface area (Å²) in [6, 6.07) is 1.83. The summed E-state index contributed by atoms with van der Waals surface area (Å²) in [5, 5.41) is 0.0500. The maximum Gasteiger partial charge on any atom is 0.216 e. The van der Waals surface area contributed by atoms with Crippen LogP contribution in [0.5, 0.6) is 5.88 Å². The summed E-state index contributed by atoms with van der Waals surface area (Å²) in [4.78, 5) is 8.45. The zero-order valence-corrected chi connectivity index (χ0v) is 9.67. The van der Waals surface area contributed by atoms with Gasteiger partial charge >= 0.3 is 0 Å². The molecule has 1 aromatic rings. The highest BCUT2D eigenvalue weighted by atomic mass is 35.5. The Morgan fingerprint density at radius 3 is 2.50 bits per heavy atom. The highest BCUT2D eigenvalue weighted by molar-refractivity contribution is 6.20. The summed E-state index contributed by atoms with van der Waals surface area (Å²) in [6.45, 7) is 5.84. The zero-order chi connectivity index (χ0) is 10.7. The Labute approximate surface area is 89.5 Å². The molecule has 0 aliphatic carbocycles. The van der Waals surface area contributed by atoms with Crippen LogP contribution in [0.4, 0.5) is 0 Å². The van der Waals surface area contributed by atoms with E-state index in [-0.39, 0.29) is 11.3 Å². The molecule has 78 valence electrons. The molecule has 0 aromatic carbocycles. The van der Waals surface area contributed by atoms with Crippen LogP contribution in [-0.4, -0.2) is 22.5 Å². The first kappa shape index (κ1) is 11.2. The Hall–Kier alpha value is -0.830. The van der Waals surface area contributed by atoms with Crippen LogP contribution in [0.3, 0.4) is 0 Å². The number of methoxy groups -OCH3 is 1. The average Bonchev–Trinajstić information content (AvgIpc) is 2.15. The molecular formula is C10H15ClN2O. The van der Waals surface area contributed by atoms with Crippen molar-refractivity contribution in [1.82, 2.24) is 9.97 Å². The molecule has 0 fully saturated rings. The van der Waals surface area contributed by atoms with Crippen LogP contribution in [0.25, 0.3) is 0 Å². The summed E-state index contributed by atoms with van der Waals surface area (Å²) in [5.41, 5.74) is 0.928. The molecule has 0 spiro atoms. The van der Waals surface area contributed by atoms with E-state index in [1.165, 1.54) is 0 Å². The van der Waals surface area contributed by atoms with Crippen LogP contribution in [0, 0.1) is 6.92 Å². The Morgan fingerprint density at radius 1 is 1.36 bits per heavy atom. The first-order valence-electron chi connectivity index (χ1n) is 4.58. The molecule has 4 heteroatoms. The minimum absolute atomic E-state index is 0.0500. The molecule has 0 radical (unpaired) electrons.